The fourth-order valence-corrected chi connectivity index (χ4v) is 4.23. The van der Waals surface area contributed by atoms with Gasteiger partial charge < -0.3 is 15.8 Å². The maximum Gasteiger partial charge on any atom is 0.239 e. The molecule has 0 saturated carbocycles. The molecule has 2 atom stereocenters. The SMILES string of the molecule is CC1OCCC1S(=O)(=O)CC(=O)Nc1cc(N)ccc1Cl. The number of sulfone groups is 1. The summed E-state index contributed by atoms with van der Waals surface area (Å²) in [4.78, 5) is 11.9. The van der Waals surface area contributed by atoms with Crippen LogP contribution in [0.4, 0.5) is 11.4 Å². The number of anilines is 2. The zero-order valence-corrected chi connectivity index (χ0v) is 13.1. The Labute approximate surface area is 128 Å². The Morgan fingerprint density at radius 3 is 2.86 bits per heavy atom. The maximum atomic E-state index is 12.2. The van der Waals surface area contributed by atoms with Crippen molar-refractivity contribution < 1.29 is 17.9 Å². The van der Waals surface area contributed by atoms with Gasteiger partial charge in [0.15, 0.2) is 9.84 Å². The normalized spacial score (nSPS) is 22.2. The van der Waals surface area contributed by atoms with E-state index in [1.165, 1.54) is 12.1 Å². The summed E-state index contributed by atoms with van der Waals surface area (Å²) in [6.45, 7) is 2.09. The minimum absolute atomic E-state index is 0.299. The first-order valence-electron chi connectivity index (χ1n) is 6.47. The first-order valence-corrected chi connectivity index (χ1v) is 8.57. The number of nitrogen functional groups attached to an aromatic ring is 1. The van der Waals surface area contributed by atoms with Crippen LogP contribution in [-0.4, -0.2) is 38.0 Å². The van der Waals surface area contributed by atoms with Gasteiger partial charge in [-0.2, -0.15) is 0 Å². The van der Waals surface area contributed by atoms with Crippen molar-refractivity contribution in [3.05, 3.63) is 23.2 Å². The molecule has 0 bridgehead atoms. The molecule has 1 aliphatic rings. The molecule has 0 aromatic heterocycles. The van der Waals surface area contributed by atoms with E-state index >= 15 is 0 Å². The van der Waals surface area contributed by atoms with E-state index in [-0.39, 0.29) is 0 Å². The summed E-state index contributed by atoms with van der Waals surface area (Å²) in [5.74, 6) is -1.24. The molecule has 8 heteroatoms. The maximum absolute atomic E-state index is 12.2. The number of amides is 1. The smallest absolute Gasteiger partial charge is 0.239 e. The van der Waals surface area contributed by atoms with Crippen LogP contribution in [0.1, 0.15) is 13.3 Å². The van der Waals surface area contributed by atoms with Crippen molar-refractivity contribution in [1.29, 1.82) is 0 Å². The Morgan fingerprint density at radius 1 is 1.52 bits per heavy atom. The van der Waals surface area contributed by atoms with Crippen molar-refractivity contribution in [2.24, 2.45) is 0 Å². The van der Waals surface area contributed by atoms with Crippen LogP contribution in [0.3, 0.4) is 0 Å². The molecular formula is C13H17ClN2O4S. The highest BCUT2D eigenvalue weighted by molar-refractivity contribution is 7.92. The van der Waals surface area contributed by atoms with Crippen LogP contribution in [-0.2, 0) is 19.4 Å². The number of nitrogens with one attached hydrogen (secondary N) is 1. The molecule has 0 spiro atoms. The van der Waals surface area contributed by atoms with E-state index in [4.69, 9.17) is 22.1 Å². The van der Waals surface area contributed by atoms with E-state index in [0.717, 1.165) is 0 Å². The quantitative estimate of drug-likeness (QED) is 0.813. The molecule has 3 N–H and O–H groups in total. The van der Waals surface area contributed by atoms with Crippen LogP contribution < -0.4 is 11.1 Å². The number of hydrogen-bond donors (Lipinski definition) is 2. The predicted octanol–water partition coefficient (Wildman–Crippen LogP) is 1.45. The van der Waals surface area contributed by atoms with Gasteiger partial charge in [0.25, 0.3) is 0 Å². The summed E-state index contributed by atoms with van der Waals surface area (Å²) >= 11 is 5.92. The highest BCUT2D eigenvalue weighted by Gasteiger charge is 2.36. The molecule has 1 fully saturated rings. The molecular weight excluding hydrogens is 316 g/mol. The van der Waals surface area contributed by atoms with Crippen LogP contribution >= 0.6 is 11.6 Å². The zero-order chi connectivity index (χ0) is 15.6. The number of ether oxygens (including phenoxy) is 1. The molecule has 0 aliphatic carbocycles. The number of carbonyl (C=O) groups is 1. The second-order valence-corrected chi connectivity index (χ2v) is 7.62. The molecule has 1 aliphatic heterocycles. The Balaban J connectivity index is 2.06. The standard InChI is InChI=1S/C13H17ClN2O4S/c1-8-12(4-5-20-8)21(18,19)7-13(17)16-11-6-9(15)2-3-10(11)14/h2-3,6,8,12H,4-5,7,15H2,1H3,(H,16,17). The summed E-state index contributed by atoms with van der Waals surface area (Å²) in [6, 6.07) is 4.61. The van der Waals surface area contributed by atoms with Gasteiger partial charge in [0, 0.05) is 12.3 Å². The van der Waals surface area contributed by atoms with Gasteiger partial charge in [0.05, 0.1) is 22.1 Å². The molecule has 6 nitrogen and oxygen atoms in total. The monoisotopic (exact) mass is 332 g/mol. The van der Waals surface area contributed by atoms with E-state index in [2.05, 4.69) is 5.32 Å². The van der Waals surface area contributed by atoms with Gasteiger partial charge in [0.1, 0.15) is 5.75 Å². The van der Waals surface area contributed by atoms with Crippen molar-refractivity contribution in [2.75, 3.05) is 23.4 Å². The Bertz CT molecular complexity index is 648. The van der Waals surface area contributed by atoms with Gasteiger partial charge in [-0.1, -0.05) is 11.6 Å². The van der Waals surface area contributed by atoms with Gasteiger partial charge >= 0.3 is 0 Å². The minimum Gasteiger partial charge on any atom is -0.399 e. The lowest BCUT2D eigenvalue weighted by Crippen LogP contribution is -2.34. The third-order valence-corrected chi connectivity index (χ3v) is 5.90. The molecule has 2 unspecified atom stereocenters. The summed E-state index contributed by atoms with van der Waals surface area (Å²) in [7, 11) is -3.56. The molecule has 1 amide bonds. The highest BCUT2D eigenvalue weighted by Crippen LogP contribution is 2.25. The third kappa shape index (κ3) is 3.87. The number of hydrogen-bond acceptors (Lipinski definition) is 5. The topological polar surface area (TPSA) is 98.5 Å². The number of nitrogens with two attached hydrogens (primary N) is 1. The fraction of sp³-hybridized carbons (Fsp3) is 0.462. The van der Waals surface area contributed by atoms with Crippen LogP contribution in [0.15, 0.2) is 18.2 Å². The van der Waals surface area contributed by atoms with Crippen molar-refractivity contribution >= 4 is 38.7 Å². The van der Waals surface area contributed by atoms with Crippen LogP contribution in [0, 0.1) is 0 Å². The van der Waals surface area contributed by atoms with Gasteiger partial charge in [-0.05, 0) is 31.5 Å². The summed E-state index contributed by atoms with van der Waals surface area (Å²) < 4.78 is 29.6. The number of carbonyl (C=O) groups excluding carboxylic acids is 1. The average molecular weight is 333 g/mol. The molecule has 1 aromatic carbocycles. The first-order chi connectivity index (χ1) is 9.79. The number of rotatable bonds is 4. The van der Waals surface area contributed by atoms with Crippen molar-refractivity contribution in [1.82, 2.24) is 0 Å². The van der Waals surface area contributed by atoms with E-state index in [1.807, 2.05) is 0 Å². The highest BCUT2D eigenvalue weighted by atomic mass is 35.5. The van der Waals surface area contributed by atoms with Crippen LogP contribution in [0.2, 0.25) is 5.02 Å². The van der Waals surface area contributed by atoms with E-state index in [0.29, 0.717) is 29.4 Å². The van der Waals surface area contributed by atoms with E-state index < -0.39 is 32.9 Å². The van der Waals surface area contributed by atoms with Crippen molar-refractivity contribution in [3.63, 3.8) is 0 Å². The predicted molar refractivity (Wildman–Crippen MR) is 82.1 cm³/mol. The summed E-state index contributed by atoms with van der Waals surface area (Å²) in [6.07, 6.45) is 0.0225. The van der Waals surface area contributed by atoms with Gasteiger partial charge in [0.2, 0.25) is 5.91 Å². The summed E-state index contributed by atoms with van der Waals surface area (Å²) in [5, 5.41) is 2.13. The van der Waals surface area contributed by atoms with E-state index in [1.54, 1.807) is 13.0 Å². The van der Waals surface area contributed by atoms with Crippen LogP contribution in [0.25, 0.3) is 0 Å². The first kappa shape index (κ1) is 16.1. The Kier molecular flexibility index (Phi) is 4.75. The largest absolute Gasteiger partial charge is 0.399 e. The molecule has 21 heavy (non-hydrogen) atoms. The van der Waals surface area contributed by atoms with Gasteiger partial charge in [-0.25, -0.2) is 8.42 Å². The van der Waals surface area contributed by atoms with Crippen molar-refractivity contribution in [3.8, 4) is 0 Å². The van der Waals surface area contributed by atoms with Crippen LogP contribution in [0.5, 0.6) is 0 Å². The van der Waals surface area contributed by atoms with E-state index in [9.17, 15) is 13.2 Å². The Morgan fingerprint density at radius 2 is 2.24 bits per heavy atom. The average Bonchev–Trinajstić information content (AvgIpc) is 2.80. The lowest BCUT2D eigenvalue weighted by atomic mass is 10.3. The number of halogens is 1. The van der Waals surface area contributed by atoms with Gasteiger partial charge in [-0.3, -0.25) is 4.79 Å². The second kappa shape index (κ2) is 6.21. The Hall–Kier alpha value is -1.31. The zero-order valence-electron chi connectivity index (χ0n) is 11.5. The molecule has 2 rings (SSSR count). The molecule has 1 aromatic rings. The lowest BCUT2D eigenvalue weighted by molar-refractivity contribution is -0.113. The number of benzene rings is 1. The summed E-state index contributed by atoms with van der Waals surface area (Å²) in [5.41, 5.74) is 6.33. The molecule has 116 valence electrons. The fourth-order valence-electron chi connectivity index (χ4n) is 2.30. The third-order valence-electron chi connectivity index (χ3n) is 3.36. The van der Waals surface area contributed by atoms with Crippen molar-refractivity contribution in [2.45, 2.75) is 24.7 Å². The molecule has 1 heterocycles. The van der Waals surface area contributed by atoms with Gasteiger partial charge in [-0.15, -0.1) is 0 Å². The molecule has 1 saturated heterocycles. The molecule has 0 radical (unpaired) electrons. The second-order valence-electron chi connectivity index (χ2n) is 5.00. The lowest BCUT2D eigenvalue weighted by Gasteiger charge is -2.15. The minimum atomic E-state index is -3.56.